The summed E-state index contributed by atoms with van der Waals surface area (Å²) in [5.74, 6) is 0.263. The molecule has 1 heterocycles. The van der Waals surface area contributed by atoms with Crippen molar-refractivity contribution in [2.75, 3.05) is 12.8 Å². The third-order valence-corrected chi connectivity index (χ3v) is 2.10. The van der Waals surface area contributed by atoms with E-state index in [0.717, 1.165) is 0 Å². The highest BCUT2D eigenvalue weighted by Gasteiger charge is 2.16. The van der Waals surface area contributed by atoms with Crippen molar-refractivity contribution in [3.05, 3.63) is 28.4 Å². The third kappa shape index (κ3) is 1.58. The van der Waals surface area contributed by atoms with Gasteiger partial charge in [0.1, 0.15) is 0 Å². The second-order valence-corrected chi connectivity index (χ2v) is 3.07. The van der Waals surface area contributed by atoms with Crippen LogP contribution in [-0.4, -0.2) is 22.0 Å². The predicted molar refractivity (Wildman–Crippen MR) is 57.2 cm³/mol. The summed E-state index contributed by atoms with van der Waals surface area (Å²) in [5.41, 5.74) is 5.80. The number of benzene rings is 1. The van der Waals surface area contributed by atoms with Gasteiger partial charge < -0.3 is 10.5 Å². The molecule has 1 aromatic heterocycles. The van der Waals surface area contributed by atoms with E-state index in [4.69, 9.17) is 10.5 Å². The number of ether oxygens (including phenoxy) is 1. The summed E-state index contributed by atoms with van der Waals surface area (Å²) >= 11 is 0. The monoisotopic (exact) mass is 220 g/mol. The molecule has 0 aliphatic carbocycles. The summed E-state index contributed by atoms with van der Waals surface area (Å²) in [5, 5.41) is 11.3. The van der Waals surface area contributed by atoms with Gasteiger partial charge in [-0.15, -0.1) is 0 Å². The number of aromatic nitrogens is 2. The van der Waals surface area contributed by atoms with Crippen LogP contribution >= 0.6 is 0 Å². The van der Waals surface area contributed by atoms with Crippen molar-refractivity contribution in [2.45, 2.75) is 0 Å². The van der Waals surface area contributed by atoms with Crippen molar-refractivity contribution in [1.82, 2.24) is 9.97 Å². The van der Waals surface area contributed by atoms with E-state index in [1.54, 1.807) is 0 Å². The standard InChI is InChI=1S/C9H8N4O3/c1-16-8-3-6-5(2-7(8)13(14)15)4-11-9(10)12-6/h2-4H,1H3,(H2,10,11,12). The number of nitrogens with zero attached hydrogens (tertiary/aromatic N) is 3. The van der Waals surface area contributed by atoms with E-state index in [9.17, 15) is 10.1 Å². The molecule has 0 saturated heterocycles. The van der Waals surface area contributed by atoms with Gasteiger partial charge in [0.05, 0.1) is 17.5 Å². The van der Waals surface area contributed by atoms with Crippen molar-refractivity contribution >= 4 is 22.5 Å². The largest absolute Gasteiger partial charge is 0.490 e. The predicted octanol–water partition coefficient (Wildman–Crippen LogP) is 1.13. The fourth-order valence-corrected chi connectivity index (χ4v) is 1.37. The van der Waals surface area contributed by atoms with Gasteiger partial charge in [-0.2, -0.15) is 0 Å². The number of fused-ring (bicyclic) bond motifs is 1. The van der Waals surface area contributed by atoms with Gasteiger partial charge in [-0.05, 0) is 0 Å². The van der Waals surface area contributed by atoms with Crippen LogP contribution in [0.15, 0.2) is 18.3 Å². The number of nitro groups is 1. The Morgan fingerprint density at radius 1 is 1.50 bits per heavy atom. The molecule has 1 aromatic carbocycles. The minimum Gasteiger partial charge on any atom is -0.490 e. The van der Waals surface area contributed by atoms with E-state index in [-0.39, 0.29) is 17.4 Å². The van der Waals surface area contributed by atoms with E-state index in [1.165, 1.54) is 25.4 Å². The molecule has 0 amide bonds. The summed E-state index contributed by atoms with van der Waals surface area (Å²) in [6, 6.07) is 2.82. The first-order valence-corrected chi connectivity index (χ1v) is 4.36. The van der Waals surface area contributed by atoms with Crippen LogP contribution in [0, 0.1) is 10.1 Å². The van der Waals surface area contributed by atoms with E-state index in [1.807, 2.05) is 0 Å². The average Bonchev–Trinajstić information content (AvgIpc) is 2.26. The molecule has 7 nitrogen and oxygen atoms in total. The molecule has 0 unspecified atom stereocenters. The molecule has 0 fully saturated rings. The Bertz CT molecular complexity index is 570. The van der Waals surface area contributed by atoms with Crippen LogP contribution in [0.5, 0.6) is 5.75 Å². The van der Waals surface area contributed by atoms with Crippen molar-refractivity contribution < 1.29 is 9.66 Å². The highest BCUT2D eigenvalue weighted by atomic mass is 16.6. The number of nitrogens with two attached hydrogens (primary N) is 1. The van der Waals surface area contributed by atoms with Crippen molar-refractivity contribution in [2.24, 2.45) is 0 Å². The van der Waals surface area contributed by atoms with Gasteiger partial charge in [-0.3, -0.25) is 10.1 Å². The number of methoxy groups -OCH3 is 1. The van der Waals surface area contributed by atoms with Gasteiger partial charge in [0.25, 0.3) is 0 Å². The number of nitro benzene ring substituents is 1. The third-order valence-electron chi connectivity index (χ3n) is 2.10. The van der Waals surface area contributed by atoms with E-state index >= 15 is 0 Å². The van der Waals surface area contributed by atoms with Gasteiger partial charge in [-0.1, -0.05) is 0 Å². The Balaban J connectivity index is 2.75. The smallest absolute Gasteiger partial charge is 0.311 e. The zero-order valence-corrected chi connectivity index (χ0v) is 8.38. The maximum atomic E-state index is 10.8. The molecular formula is C9H8N4O3. The Morgan fingerprint density at radius 3 is 2.88 bits per heavy atom. The molecule has 2 N–H and O–H groups in total. The summed E-state index contributed by atoms with van der Waals surface area (Å²) in [6.07, 6.45) is 1.43. The SMILES string of the molecule is COc1cc2nc(N)ncc2cc1[N+](=O)[O-]. The van der Waals surface area contributed by atoms with Gasteiger partial charge >= 0.3 is 5.69 Å². The van der Waals surface area contributed by atoms with Gasteiger partial charge in [0.15, 0.2) is 5.75 Å². The van der Waals surface area contributed by atoms with Gasteiger partial charge in [-0.25, -0.2) is 9.97 Å². The molecule has 2 rings (SSSR count). The molecule has 0 spiro atoms. The Hall–Kier alpha value is -2.44. The number of rotatable bonds is 2. The summed E-state index contributed by atoms with van der Waals surface area (Å²) in [6.45, 7) is 0. The normalized spacial score (nSPS) is 10.3. The van der Waals surface area contributed by atoms with Crippen LogP contribution in [0.25, 0.3) is 10.9 Å². The van der Waals surface area contributed by atoms with Crippen LogP contribution in [0.4, 0.5) is 11.6 Å². The fraction of sp³-hybridized carbons (Fsp3) is 0.111. The van der Waals surface area contributed by atoms with Crippen LogP contribution in [0.2, 0.25) is 0 Å². The number of hydrogen-bond donors (Lipinski definition) is 1. The molecule has 0 aliphatic heterocycles. The lowest BCUT2D eigenvalue weighted by Gasteiger charge is -2.03. The summed E-state index contributed by atoms with van der Waals surface area (Å²) < 4.78 is 4.91. The van der Waals surface area contributed by atoms with Gasteiger partial charge in [0, 0.05) is 23.7 Å². The fourth-order valence-electron chi connectivity index (χ4n) is 1.37. The molecule has 0 radical (unpaired) electrons. The Morgan fingerprint density at radius 2 is 2.25 bits per heavy atom. The first kappa shape index (κ1) is 10.1. The molecule has 0 atom stereocenters. The lowest BCUT2D eigenvalue weighted by molar-refractivity contribution is -0.385. The van der Waals surface area contributed by atoms with Crippen LogP contribution in [-0.2, 0) is 0 Å². The van der Waals surface area contributed by atoms with E-state index < -0.39 is 4.92 Å². The molecule has 2 aromatic rings. The van der Waals surface area contributed by atoms with Crippen LogP contribution in [0.3, 0.4) is 0 Å². The molecule has 0 saturated carbocycles. The zero-order chi connectivity index (χ0) is 11.7. The minimum absolute atomic E-state index is 0.114. The first-order chi connectivity index (χ1) is 7.61. The second-order valence-electron chi connectivity index (χ2n) is 3.07. The van der Waals surface area contributed by atoms with E-state index in [0.29, 0.717) is 10.9 Å². The van der Waals surface area contributed by atoms with Crippen molar-refractivity contribution in [1.29, 1.82) is 0 Å². The van der Waals surface area contributed by atoms with Crippen LogP contribution < -0.4 is 10.5 Å². The number of anilines is 1. The summed E-state index contributed by atoms with van der Waals surface area (Å²) in [4.78, 5) is 17.9. The number of nitrogen functional groups attached to an aromatic ring is 1. The average molecular weight is 220 g/mol. The van der Waals surface area contributed by atoms with Crippen molar-refractivity contribution in [3.8, 4) is 5.75 Å². The maximum Gasteiger partial charge on any atom is 0.311 e. The lowest BCUT2D eigenvalue weighted by Crippen LogP contribution is -1.97. The zero-order valence-electron chi connectivity index (χ0n) is 8.38. The molecular weight excluding hydrogens is 212 g/mol. The first-order valence-electron chi connectivity index (χ1n) is 4.36. The minimum atomic E-state index is -0.519. The molecule has 7 heteroatoms. The van der Waals surface area contributed by atoms with Gasteiger partial charge in [0.2, 0.25) is 5.95 Å². The molecule has 16 heavy (non-hydrogen) atoms. The molecule has 82 valence electrons. The Labute approximate surface area is 90.0 Å². The van der Waals surface area contributed by atoms with E-state index in [2.05, 4.69) is 9.97 Å². The maximum absolute atomic E-state index is 10.8. The summed E-state index contributed by atoms with van der Waals surface area (Å²) in [7, 11) is 1.36. The van der Waals surface area contributed by atoms with Crippen molar-refractivity contribution in [3.63, 3.8) is 0 Å². The molecule has 0 bridgehead atoms. The highest BCUT2D eigenvalue weighted by molar-refractivity contribution is 5.83. The highest BCUT2D eigenvalue weighted by Crippen LogP contribution is 2.30. The number of hydrogen-bond acceptors (Lipinski definition) is 6. The topological polar surface area (TPSA) is 104 Å². The Kier molecular flexibility index (Phi) is 2.28. The molecule has 0 aliphatic rings. The van der Waals surface area contributed by atoms with Crippen LogP contribution in [0.1, 0.15) is 0 Å². The lowest BCUT2D eigenvalue weighted by atomic mass is 10.2. The quantitative estimate of drug-likeness (QED) is 0.600. The second kappa shape index (κ2) is 3.61.